The second kappa shape index (κ2) is 6.28. The van der Waals surface area contributed by atoms with Crippen molar-refractivity contribution in [3.8, 4) is 0 Å². The molecule has 0 saturated heterocycles. The van der Waals surface area contributed by atoms with Gasteiger partial charge in [0.25, 0.3) is 5.91 Å². The molecule has 0 spiro atoms. The number of carboxylic acid groups (broad SMARTS) is 1. The van der Waals surface area contributed by atoms with Gasteiger partial charge >= 0.3 is 5.97 Å². The Balaban J connectivity index is 2.43. The van der Waals surface area contributed by atoms with Crippen LogP contribution in [0.2, 0.25) is 0 Å². The number of benzene rings is 1. The lowest BCUT2D eigenvalue weighted by Crippen LogP contribution is -2.27. The molecule has 0 unspecified atom stereocenters. The smallest absolute Gasteiger partial charge is 0.340 e. The quantitative estimate of drug-likeness (QED) is 0.876. The molecule has 0 fully saturated rings. The van der Waals surface area contributed by atoms with Gasteiger partial charge in [0, 0.05) is 11.9 Å². The summed E-state index contributed by atoms with van der Waals surface area (Å²) in [5.74, 6) is -1.32. The van der Waals surface area contributed by atoms with E-state index in [0.717, 1.165) is 16.4 Å². The third-order valence-corrected chi connectivity index (χ3v) is 4.82. The van der Waals surface area contributed by atoms with Crippen molar-refractivity contribution in [1.82, 2.24) is 4.37 Å². The Labute approximate surface area is 130 Å². The van der Waals surface area contributed by atoms with Crippen molar-refractivity contribution in [1.29, 1.82) is 0 Å². The van der Waals surface area contributed by atoms with E-state index in [1.165, 1.54) is 16.7 Å². The van der Waals surface area contributed by atoms with Crippen LogP contribution in [0, 0.1) is 6.92 Å². The summed E-state index contributed by atoms with van der Waals surface area (Å²) in [5, 5.41) is 9.61. The summed E-state index contributed by atoms with van der Waals surface area (Å²) >= 11 is 2.49. The molecule has 1 aromatic carbocycles. The Kier molecular flexibility index (Phi) is 4.64. The van der Waals surface area contributed by atoms with Crippen LogP contribution >= 0.6 is 23.3 Å². The highest BCUT2D eigenvalue weighted by Gasteiger charge is 2.25. The first-order valence-corrected chi connectivity index (χ1v) is 8.07. The Morgan fingerprint density at radius 3 is 2.62 bits per heavy atom. The van der Waals surface area contributed by atoms with Crippen molar-refractivity contribution in [2.45, 2.75) is 11.8 Å². The van der Waals surface area contributed by atoms with Crippen molar-refractivity contribution in [2.24, 2.45) is 0 Å². The minimum Gasteiger partial charge on any atom is -0.478 e. The van der Waals surface area contributed by atoms with E-state index in [9.17, 15) is 14.7 Å². The molecule has 0 aliphatic rings. The molecule has 0 radical (unpaired) electrons. The molecule has 21 heavy (non-hydrogen) atoms. The molecular weight excluding hydrogens is 308 g/mol. The maximum atomic E-state index is 12.6. The summed E-state index contributed by atoms with van der Waals surface area (Å²) in [6.45, 7) is 1.62. The van der Waals surface area contributed by atoms with Gasteiger partial charge in [-0.05, 0) is 36.8 Å². The number of carboxylic acids is 1. The fourth-order valence-electron chi connectivity index (χ4n) is 1.93. The summed E-state index contributed by atoms with van der Waals surface area (Å²) in [4.78, 5) is 26.1. The SMILES string of the molecule is CSc1ccccc1C(=O)N(C)c1snc(C)c1C(=O)O. The van der Waals surface area contributed by atoms with Crippen LogP contribution in [0.4, 0.5) is 5.00 Å². The molecule has 7 heteroatoms. The zero-order valence-corrected chi connectivity index (χ0v) is 13.4. The highest BCUT2D eigenvalue weighted by Crippen LogP contribution is 2.30. The van der Waals surface area contributed by atoms with Crippen molar-refractivity contribution < 1.29 is 14.7 Å². The number of amides is 1. The van der Waals surface area contributed by atoms with Crippen LogP contribution in [-0.4, -0.2) is 34.7 Å². The number of hydrogen-bond donors (Lipinski definition) is 1. The summed E-state index contributed by atoms with van der Waals surface area (Å²) in [6.07, 6.45) is 1.89. The summed E-state index contributed by atoms with van der Waals surface area (Å²) < 4.78 is 4.04. The van der Waals surface area contributed by atoms with Gasteiger partial charge in [0.2, 0.25) is 0 Å². The molecule has 0 atom stereocenters. The number of carbonyl (C=O) groups is 2. The lowest BCUT2D eigenvalue weighted by molar-refractivity contribution is 0.0697. The topological polar surface area (TPSA) is 70.5 Å². The molecule has 1 aromatic heterocycles. The zero-order chi connectivity index (χ0) is 15.6. The number of aromatic nitrogens is 1. The van der Waals surface area contributed by atoms with Gasteiger partial charge in [-0.2, -0.15) is 4.37 Å². The Morgan fingerprint density at radius 2 is 2.00 bits per heavy atom. The summed E-state index contributed by atoms with van der Waals surface area (Å²) in [7, 11) is 1.57. The van der Waals surface area contributed by atoms with Crippen LogP contribution in [0.15, 0.2) is 29.2 Å². The Morgan fingerprint density at radius 1 is 1.33 bits per heavy atom. The number of anilines is 1. The predicted molar refractivity (Wildman–Crippen MR) is 84.8 cm³/mol. The van der Waals surface area contributed by atoms with E-state index in [1.54, 1.807) is 26.1 Å². The standard InChI is InChI=1S/C14H14N2O3S2/c1-8-11(14(18)19)13(21-15-8)16(2)12(17)9-6-4-5-7-10(9)20-3/h4-7H,1-3H3,(H,18,19). The zero-order valence-electron chi connectivity index (χ0n) is 11.8. The van der Waals surface area contributed by atoms with Crippen LogP contribution < -0.4 is 4.90 Å². The van der Waals surface area contributed by atoms with E-state index in [4.69, 9.17) is 0 Å². The van der Waals surface area contributed by atoms with E-state index in [0.29, 0.717) is 16.3 Å². The van der Waals surface area contributed by atoms with Crippen molar-refractivity contribution >= 4 is 40.2 Å². The van der Waals surface area contributed by atoms with E-state index < -0.39 is 5.97 Å². The van der Waals surface area contributed by atoms with Gasteiger partial charge in [-0.1, -0.05) is 12.1 Å². The van der Waals surface area contributed by atoms with Crippen LogP contribution in [0.25, 0.3) is 0 Å². The molecule has 1 heterocycles. The van der Waals surface area contributed by atoms with Crippen LogP contribution in [0.5, 0.6) is 0 Å². The average Bonchev–Trinajstić information content (AvgIpc) is 2.87. The van der Waals surface area contributed by atoms with Crippen molar-refractivity contribution in [2.75, 3.05) is 18.2 Å². The molecule has 110 valence electrons. The maximum absolute atomic E-state index is 12.6. The third-order valence-electron chi connectivity index (χ3n) is 3.01. The molecule has 2 aromatic rings. The van der Waals surface area contributed by atoms with Gasteiger partial charge in [-0.3, -0.25) is 4.79 Å². The minimum atomic E-state index is -1.07. The van der Waals surface area contributed by atoms with Gasteiger partial charge in [0.05, 0.1) is 11.3 Å². The molecule has 0 aliphatic heterocycles. The number of aryl methyl sites for hydroxylation is 1. The molecule has 0 aliphatic carbocycles. The molecule has 0 saturated carbocycles. The number of carbonyl (C=O) groups excluding carboxylic acids is 1. The van der Waals surface area contributed by atoms with Gasteiger partial charge in [0.1, 0.15) is 10.6 Å². The second-order valence-corrected chi connectivity index (χ2v) is 5.92. The van der Waals surface area contributed by atoms with E-state index >= 15 is 0 Å². The van der Waals surface area contributed by atoms with Crippen LogP contribution in [0.3, 0.4) is 0 Å². The monoisotopic (exact) mass is 322 g/mol. The largest absolute Gasteiger partial charge is 0.478 e. The molecule has 2 rings (SSSR count). The van der Waals surface area contributed by atoms with E-state index in [2.05, 4.69) is 4.37 Å². The van der Waals surface area contributed by atoms with Gasteiger partial charge < -0.3 is 10.0 Å². The fraction of sp³-hybridized carbons (Fsp3) is 0.214. The second-order valence-electron chi connectivity index (χ2n) is 4.32. The first-order valence-electron chi connectivity index (χ1n) is 6.08. The molecule has 1 amide bonds. The normalized spacial score (nSPS) is 10.4. The van der Waals surface area contributed by atoms with Crippen LogP contribution in [-0.2, 0) is 0 Å². The fourth-order valence-corrected chi connectivity index (χ4v) is 3.36. The predicted octanol–water partition coefficient (Wildman–Crippen LogP) is 3.15. The average molecular weight is 322 g/mol. The first kappa shape index (κ1) is 15.5. The van der Waals surface area contributed by atoms with E-state index in [1.807, 2.05) is 18.4 Å². The lowest BCUT2D eigenvalue weighted by Gasteiger charge is -2.17. The highest BCUT2D eigenvalue weighted by molar-refractivity contribution is 7.98. The number of hydrogen-bond acceptors (Lipinski definition) is 5. The number of nitrogens with zero attached hydrogens (tertiary/aromatic N) is 2. The van der Waals surface area contributed by atoms with Crippen molar-refractivity contribution in [3.05, 3.63) is 41.1 Å². The van der Waals surface area contributed by atoms with E-state index in [-0.39, 0.29) is 11.5 Å². The van der Waals surface area contributed by atoms with Gasteiger partial charge in [0.15, 0.2) is 0 Å². The minimum absolute atomic E-state index is 0.0810. The molecule has 5 nitrogen and oxygen atoms in total. The van der Waals surface area contributed by atoms with Gasteiger partial charge in [-0.25, -0.2) is 4.79 Å². The Bertz CT molecular complexity index is 697. The number of rotatable bonds is 4. The molecular formula is C14H14N2O3S2. The molecule has 0 bridgehead atoms. The van der Waals surface area contributed by atoms with Gasteiger partial charge in [-0.15, -0.1) is 11.8 Å². The van der Waals surface area contributed by atoms with Crippen LogP contribution in [0.1, 0.15) is 26.4 Å². The maximum Gasteiger partial charge on any atom is 0.340 e. The summed E-state index contributed by atoms with van der Waals surface area (Å²) in [6, 6.07) is 7.25. The van der Waals surface area contributed by atoms with Crippen molar-refractivity contribution in [3.63, 3.8) is 0 Å². The lowest BCUT2D eigenvalue weighted by atomic mass is 10.2. The summed E-state index contributed by atoms with van der Waals surface area (Å²) in [5.41, 5.74) is 1.05. The number of thioether (sulfide) groups is 1. The third kappa shape index (κ3) is 2.93. The first-order chi connectivity index (χ1) is 9.97. The molecule has 1 N–H and O–H groups in total. The number of aromatic carboxylic acids is 1. The highest BCUT2D eigenvalue weighted by atomic mass is 32.2. The Hall–Kier alpha value is -1.86.